The SMILES string of the molecule is CCNC(=NCCc1nc(-c2cccc(Cl)c2)no1)NC(C)COC1CCOC1. The predicted molar refractivity (Wildman–Crippen MR) is 112 cm³/mol. The highest BCUT2D eigenvalue weighted by Gasteiger charge is 2.17. The molecule has 3 rings (SSSR count). The third-order valence-corrected chi connectivity index (χ3v) is 4.58. The summed E-state index contributed by atoms with van der Waals surface area (Å²) in [5, 5.41) is 11.3. The van der Waals surface area contributed by atoms with Crippen molar-refractivity contribution in [2.24, 2.45) is 4.99 Å². The van der Waals surface area contributed by atoms with E-state index in [1.54, 1.807) is 0 Å². The van der Waals surface area contributed by atoms with Crippen molar-refractivity contribution in [1.82, 2.24) is 20.8 Å². The first kappa shape index (κ1) is 21.5. The monoisotopic (exact) mass is 421 g/mol. The van der Waals surface area contributed by atoms with Gasteiger partial charge in [-0.25, -0.2) is 0 Å². The van der Waals surface area contributed by atoms with E-state index in [0.717, 1.165) is 31.1 Å². The van der Waals surface area contributed by atoms with Gasteiger partial charge in [-0.3, -0.25) is 4.99 Å². The van der Waals surface area contributed by atoms with Crippen LogP contribution in [0, 0.1) is 0 Å². The number of hydrogen-bond acceptors (Lipinski definition) is 6. The van der Waals surface area contributed by atoms with Crippen LogP contribution in [0.3, 0.4) is 0 Å². The Balaban J connectivity index is 1.48. The highest BCUT2D eigenvalue weighted by Crippen LogP contribution is 2.20. The minimum atomic E-state index is 0.131. The lowest BCUT2D eigenvalue weighted by molar-refractivity contribution is 0.0347. The van der Waals surface area contributed by atoms with Crippen LogP contribution in [0.2, 0.25) is 5.02 Å². The van der Waals surface area contributed by atoms with Gasteiger partial charge in [0.1, 0.15) is 0 Å². The number of guanidine groups is 1. The molecule has 1 saturated heterocycles. The lowest BCUT2D eigenvalue weighted by Gasteiger charge is -2.19. The first-order chi connectivity index (χ1) is 14.1. The average Bonchev–Trinajstić information content (AvgIpc) is 3.39. The molecule has 8 nitrogen and oxygen atoms in total. The summed E-state index contributed by atoms with van der Waals surface area (Å²) < 4.78 is 16.5. The second kappa shape index (κ2) is 11.1. The molecule has 1 aromatic heterocycles. The maximum absolute atomic E-state index is 6.02. The summed E-state index contributed by atoms with van der Waals surface area (Å²) in [5.74, 6) is 1.80. The van der Waals surface area contributed by atoms with Crippen molar-refractivity contribution < 1.29 is 14.0 Å². The molecule has 0 radical (unpaired) electrons. The van der Waals surface area contributed by atoms with E-state index in [1.165, 1.54) is 0 Å². The van der Waals surface area contributed by atoms with Gasteiger partial charge in [-0.15, -0.1) is 0 Å². The second-order valence-electron chi connectivity index (χ2n) is 6.90. The molecule has 2 atom stereocenters. The molecule has 0 bridgehead atoms. The Morgan fingerprint density at radius 2 is 2.34 bits per heavy atom. The molecule has 2 aromatic rings. The van der Waals surface area contributed by atoms with Crippen LogP contribution in [0.25, 0.3) is 11.4 Å². The van der Waals surface area contributed by atoms with Crippen molar-refractivity contribution in [1.29, 1.82) is 0 Å². The van der Waals surface area contributed by atoms with Crippen LogP contribution in [0.1, 0.15) is 26.2 Å². The molecule has 2 heterocycles. The molecule has 0 spiro atoms. The van der Waals surface area contributed by atoms with Gasteiger partial charge in [0.2, 0.25) is 11.7 Å². The van der Waals surface area contributed by atoms with Crippen molar-refractivity contribution in [3.63, 3.8) is 0 Å². The summed E-state index contributed by atoms with van der Waals surface area (Å²) in [6.07, 6.45) is 1.71. The van der Waals surface area contributed by atoms with E-state index in [1.807, 2.05) is 31.2 Å². The number of nitrogens with zero attached hydrogens (tertiary/aromatic N) is 3. The summed E-state index contributed by atoms with van der Waals surface area (Å²) in [6, 6.07) is 7.50. The zero-order chi connectivity index (χ0) is 20.5. The number of aliphatic imine (C=N–C) groups is 1. The number of nitrogens with one attached hydrogen (secondary N) is 2. The van der Waals surface area contributed by atoms with Gasteiger partial charge in [-0.2, -0.15) is 4.98 Å². The maximum Gasteiger partial charge on any atom is 0.228 e. The third-order valence-electron chi connectivity index (χ3n) is 4.34. The van der Waals surface area contributed by atoms with Crippen LogP contribution >= 0.6 is 11.6 Å². The number of benzene rings is 1. The Kier molecular flexibility index (Phi) is 8.27. The Hall–Kier alpha value is -2.16. The highest BCUT2D eigenvalue weighted by molar-refractivity contribution is 6.30. The minimum Gasteiger partial charge on any atom is -0.379 e. The number of rotatable bonds is 9. The topological polar surface area (TPSA) is 93.8 Å². The largest absolute Gasteiger partial charge is 0.379 e. The van der Waals surface area contributed by atoms with E-state index in [2.05, 4.69) is 32.7 Å². The predicted octanol–water partition coefficient (Wildman–Crippen LogP) is 2.68. The third kappa shape index (κ3) is 6.99. The number of ether oxygens (including phenoxy) is 2. The quantitative estimate of drug-likeness (QED) is 0.474. The molecular weight excluding hydrogens is 394 g/mol. The van der Waals surface area contributed by atoms with Crippen molar-refractivity contribution >= 4 is 17.6 Å². The highest BCUT2D eigenvalue weighted by atomic mass is 35.5. The van der Waals surface area contributed by atoms with Gasteiger partial charge in [0.05, 0.1) is 25.9 Å². The van der Waals surface area contributed by atoms with Crippen molar-refractivity contribution in [3.8, 4) is 11.4 Å². The minimum absolute atomic E-state index is 0.131. The van der Waals surface area contributed by atoms with Gasteiger partial charge >= 0.3 is 0 Å². The van der Waals surface area contributed by atoms with Crippen molar-refractivity contribution in [2.75, 3.05) is 32.9 Å². The normalized spacial score (nSPS) is 18.0. The molecule has 2 N–H and O–H groups in total. The van der Waals surface area contributed by atoms with Crippen LogP contribution < -0.4 is 10.6 Å². The van der Waals surface area contributed by atoms with Gasteiger partial charge in [0.15, 0.2) is 5.96 Å². The number of halogens is 1. The molecule has 0 aliphatic carbocycles. The van der Waals surface area contributed by atoms with Crippen LogP contribution in [-0.2, 0) is 15.9 Å². The van der Waals surface area contributed by atoms with Crippen molar-refractivity contribution in [2.45, 2.75) is 38.8 Å². The molecule has 29 heavy (non-hydrogen) atoms. The molecule has 1 fully saturated rings. The Morgan fingerprint density at radius 1 is 1.45 bits per heavy atom. The number of hydrogen-bond donors (Lipinski definition) is 2. The Labute approximate surface area is 176 Å². The fourth-order valence-corrected chi connectivity index (χ4v) is 3.07. The average molecular weight is 422 g/mol. The van der Waals surface area contributed by atoms with E-state index >= 15 is 0 Å². The second-order valence-corrected chi connectivity index (χ2v) is 7.33. The van der Waals surface area contributed by atoms with Crippen LogP contribution in [-0.4, -0.2) is 61.2 Å². The lowest BCUT2D eigenvalue weighted by Crippen LogP contribution is -2.44. The first-order valence-electron chi connectivity index (χ1n) is 9.96. The van der Waals surface area contributed by atoms with Gasteiger partial charge in [-0.05, 0) is 32.4 Å². The standard InChI is InChI=1S/C20H28ClN5O3/c1-3-22-20(24-14(2)12-28-17-8-10-27-13-17)23-9-7-18-25-19(26-29-18)15-5-4-6-16(21)11-15/h4-6,11,14,17H,3,7-10,12-13H2,1-2H3,(H2,22,23,24). The van der Waals surface area contributed by atoms with E-state index in [9.17, 15) is 0 Å². The molecular formula is C20H28ClN5O3. The fourth-order valence-electron chi connectivity index (χ4n) is 2.88. The molecule has 158 valence electrons. The molecule has 1 aromatic carbocycles. The summed E-state index contributed by atoms with van der Waals surface area (Å²) in [5.41, 5.74) is 0.826. The Morgan fingerprint density at radius 3 is 3.10 bits per heavy atom. The maximum atomic E-state index is 6.02. The van der Waals surface area contributed by atoms with Gasteiger partial charge in [0.25, 0.3) is 0 Å². The van der Waals surface area contributed by atoms with E-state index in [4.69, 9.17) is 25.6 Å². The summed E-state index contributed by atoms with van der Waals surface area (Å²) in [4.78, 5) is 9.01. The van der Waals surface area contributed by atoms with Gasteiger partial charge in [0, 0.05) is 36.2 Å². The molecule has 0 amide bonds. The van der Waals surface area contributed by atoms with Crippen LogP contribution in [0.4, 0.5) is 0 Å². The van der Waals surface area contributed by atoms with E-state index < -0.39 is 0 Å². The van der Waals surface area contributed by atoms with Crippen molar-refractivity contribution in [3.05, 3.63) is 35.2 Å². The summed E-state index contributed by atoms with van der Waals surface area (Å²) >= 11 is 6.02. The van der Waals surface area contributed by atoms with Crippen LogP contribution in [0.5, 0.6) is 0 Å². The summed E-state index contributed by atoms with van der Waals surface area (Å²) in [7, 11) is 0. The zero-order valence-corrected chi connectivity index (χ0v) is 17.6. The Bertz CT molecular complexity index is 792. The molecule has 1 aliphatic rings. The fraction of sp³-hybridized carbons (Fsp3) is 0.550. The first-order valence-corrected chi connectivity index (χ1v) is 10.3. The van der Waals surface area contributed by atoms with E-state index in [-0.39, 0.29) is 12.1 Å². The van der Waals surface area contributed by atoms with Crippen LogP contribution in [0.15, 0.2) is 33.8 Å². The molecule has 9 heteroatoms. The molecule has 1 aliphatic heterocycles. The lowest BCUT2D eigenvalue weighted by atomic mass is 10.2. The smallest absolute Gasteiger partial charge is 0.228 e. The number of aromatic nitrogens is 2. The van der Waals surface area contributed by atoms with E-state index in [0.29, 0.717) is 42.9 Å². The van der Waals surface area contributed by atoms with Gasteiger partial charge < -0.3 is 24.6 Å². The molecule has 0 saturated carbocycles. The van der Waals surface area contributed by atoms with Gasteiger partial charge in [-0.1, -0.05) is 28.9 Å². The molecule has 2 unspecified atom stereocenters. The summed E-state index contributed by atoms with van der Waals surface area (Å²) in [6.45, 7) is 7.46. The zero-order valence-electron chi connectivity index (χ0n) is 16.9.